The van der Waals surface area contributed by atoms with Crippen molar-refractivity contribution in [1.82, 2.24) is 19.7 Å². The Balaban J connectivity index is 1.73. The van der Waals surface area contributed by atoms with Crippen LogP contribution in [0.1, 0.15) is 0 Å². The second-order valence-electron chi connectivity index (χ2n) is 5.87. The van der Waals surface area contributed by atoms with Gasteiger partial charge in [0.15, 0.2) is 5.65 Å². The number of hydrogen-bond acceptors (Lipinski definition) is 6. The Morgan fingerprint density at radius 2 is 1.81 bits per heavy atom. The number of nitrogens with one attached hydrogen (secondary N) is 2. The Morgan fingerprint density at radius 1 is 1.00 bits per heavy atom. The minimum atomic E-state index is 0.472. The number of fused-ring (bicyclic) bond motifs is 1. The van der Waals surface area contributed by atoms with Crippen molar-refractivity contribution in [1.29, 1.82) is 0 Å². The van der Waals surface area contributed by atoms with Gasteiger partial charge in [-0.2, -0.15) is 15.1 Å². The van der Waals surface area contributed by atoms with Gasteiger partial charge in [-0.25, -0.2) is 0 Å². The summed E-state index contributed by atoms with van der Waals surface area (Å²) in [5.74, 6) is 1.72. The first-order valence-corrected chi connectivity index (χ1v) is 8.64. The van der Waals surface area contributed by atoms with Crippen molar-refractivity contribution in [2.45, 2.75) is 0 Å². The molecule has 0 aliphatic heterocycles. The molecular formula is C19H17ClN6O. The maximum atomic E-state index is 6.23. The Bertz CT molecular complexity index is 1100. The van der Waals surface area contributed by atoms with Gasteiger partial charge >= 0.3 is 0 Å². The molecule has 0 unspecified atom stereocenters. The molecule has 7 nitrogen and oxygen atoms in total. The monoisotopic (exact) mass is 380 g/mol. The summed E-state index contributed by atoms with van der Waals surface area (Å²) in [7, 11) is 3.43. The maximum absolute atomic E-state index is 6.23. The number of aromatic nitrogens is 4. The fourth-order valence-corrected chi connectivity index (χ4v) is 2.96. The predicted octanol–water partition coefficient (Wildman–Crippen LogP) is 4.51. The number of rotatable bonds is 5. The molecule has 2 heterocycles. The fourth-order valence-electron chi connectivity index (χ4n) is 2.70. The number of aryl methyl sites for hydroxylation is 1. The van der Waals surface area contributed by atoms with Gasteiger partial charge in [0.2, 0.25) is 5.95 Å². The number of hydrogen-bond donors (Lipinski definition) is 2. The molecule has 2 N–H and O–H groups in total. The number of para-hydroxylation sites is 1. The van der Waals surface area contributed by atoms with E-state index in [9.17, 15) is 0 Å². The van der Waals surface area contributed by atoms with Gasteiger partial charge in [0.05, 0.1) is 23.7 Å². The highest BCUT2D eigenvalue weighted by Crippen LogP contribution is 2.31. The zero-order valence-electron chi connectivity index (χ0n) is 14.8. The highest BCUT2D eigenvalue weighted by atomic mass is 35.5. The van der Waals surface area contributed by atoms with Gasteiger partial charge in [0.25, 0.3) is 0 Å². The van der Waals surface area contributed by atoms with E-state index < -0.39 is 0 Å². The Kier molecular flexibility index (Phi) is 4.52. The van der Waals surface area contributed by atoms with Crippen LogP contribution >= 0.6 is 11.6 Å². The van der Waals surface area contributed by atoms with Gasteiger partial charge < -0.3 is 15.4 Å². The van der Waals surface area contributed by atoms with Crippen molar-refractivity contribution < 1.29 is 4.74 Å². The highest BCUT2D eigenvalue weighted by molar-refractivity contribution is 6.32. The van der Waals surface area contributed by atoms with Crippen LogP contribution in [0.5, 0.6) is 5.75 Å². The van der Waals surface area contributed by atoms with Crippen LogP contribution < -0.4 is 15.4 Å². The molecule has 0 atom stereocenters. The van der Waals surface area contributed by atoms with Crippen molar-refractivity contribution >= 4 is 45.8 Å². The van der Waals surface area contributed by atoms with E-state index in [4.69, 9.17) is 16.3 Å². The Morgan fingerprint density at radius 3 is 2.56 bits per heavy atom. The topological polar surface area (TPSA) is 76.9 Å². The van der Waals surface area contributed by atoms with Crippen LogP contribution in [0.2, 0.25) is 5.02 Å². The van der Waals surface area contributed by atoms with Gasteiger partial charge in [0, 0.05) is 18.4 Å². The van der Waals surface area contributed by atoms with Crippen molar-refractivity contribution in [3.63, 3.8) is 0 Å². The van der Waals surface area contributed by atoms with Crippen LogP contribution in [0.4, 0.5) is 23.1 Å². The maximum Gasteiger partial charge on any atom is 0.231 e. The Labute approximate surface area is 161 Å². The first-order valence-electron chi connectivity index (χ1n) is 8.26. The van der Waals surface area contributed by atoms with E-state index in [0.29, 0.717) is 28.2 Å². The highest BCUT2D eigenvalue weighted by Gasteiger charge is 2.13. The molecule has 0 amide bonds. The summed E-state index contributed by atoms with van der Waals surface area (Å²) < 4.78 is 6.91. The minimum Gasteiger partial charge on any atom is -0.495 e. The van der Waals surface area contributed by atoms with Crippen molar-refractivity contribution in [2.24, 2.45) is 7.05 Å². The lowest BCUT2D eigenvalue weighted by Gasteiger charge is -2.11. The molecule has 0 radical (unpaired) electrons. The lowest BCUT2D eigenvalue weighted by atomic mass is 10.3. The van der Waals surface area contributed by atoms with Crippen LogP contribution in [-0.4, -0.2) is 26.9 Å². The molecule has 0 aliphatic carbocycles. The quantitative estimate of drug-likeness (QED) is 0.530. The second-order valence-corrected chi connectivity index (χ2v) is 6.27. The molecule has 0 saturated carbocycles. The largest absolute Gasteiger partial charge is 0.495 e. The van der Waals surface area contributed by atoms with Crippen LogP contribution in [-0.2, 0) is 7.05 Å². The zero-order chi connectivity index (χ0) is 18.8. The van der Waals surface area contributed by atoms with Crippen LogP contribution in [0.15, 0.2) is 54.7 Å². The third kappa shape index (κ3) is 3.50. The molecule has 2 aromatic carbocycles. The van der Waals surface area contributed by atoms with E-state index in [0.717, 1.165) is 16.8 Å². The van der Waals surface area contributed by atoms with Gasteiger partial charge in [0.1, 0.15) is 11.6 Å². The van der Waals surface area contributed by atoms with Gasteiger partial charge in [-0.05, 0) is 30.3 Å². The molecule has 0 fully saturated rings. The van der Waals surface area contributed by atoms with Gasteiger partial charge in [-0.1, -0.05) is 29.8 Å². The van der Waals surface area contributed by atoms with Crippen molar-refractivity contribution in [2.75, 3.05) is 17.7 Å². The summed E-state index contributed by atoms with van der Waals surface area (Å²) in [5.41, 5.74) is 2.40. The third-order valence-electron chi connectivity index (χ3n) is 4.04. The van der Waals surface area contributed by atoms with Crippen LogP contribution in [0.25, 0.3) is 11.0 Å². The van der Waals surface area contributed by atoms with Crippen molar-refractivity contribution in [3.05, 3.63) is 59.8 Å². The van der Waals surface area contributed by atoms with Crippen LogP contribution in [0.3, 0.4) is 0 Å². The lowest BCUT2D eigenvalue weighted by Crippen LogP contribution is -2.03. The molecule has 0 bridgehead atoms. The third-order valence-corrected chi connectivity index (χ3v) is 4.33. The SMILES string of the molecule is COc1ccc(Nc2nc(Nc3ccccc3)nc3c2cnn3C)cc1Cl. The Hall–Kier alpha value is -3.32. The number of halogens is 1. The zero-order valence-corrected chi connectivity index (χ0v) is 15.5. The van der Waals surface area contributed by atoms with E-state index in [1.807, 2.05) is 43.4 Å². The minimum absolute atomic E-state index is 0.472. The van der Waals surface area contributed by atoms with E-state index >= 15 is 0 Å². The molecule has 2 aromatic heterocycles. The average Bonchev–Trinajstić information content (AvgIpc) is 3.04. The number of anilines is 4. The molecule has 4 aromatic rings. The summed E-state index contributed by atoms with van der Waals surface area (Å²) >= 11 is 6.23. The summed E-state index contributed by atoms with van der Waals surface area (Å²) in [5, 5.41) is 12.1. The summed E-state index contributed by atoms with van der Waals surface area (Å²) in [6.07, 6.45) is 1.73. The number of ether oxygens (including phenoxy) is 1. The molecule has 136 valence electrons. The smallest absolute Gasteiger partial charge is 0.231 e. The summed E-state index contributed by atoms with van der Waals surface area (Å²) in [4.78, 5) is 9.19. The van der Waals surface area contributed by atoms with Crippen LogP contribution in [0, 0.1) is 0 Å². The number of benzene rings is 2. The second kappa shape index (κ2) is 7.13. The van der Waals surface area contributed by atoms with Crippen molar-refractivity contribution in [3.8, 4) is 5.75 Å². The molecule has 0 spiro atoms. The van der Waals surface area contributed by atoms with E-state index in [1.165, 1.54) is 0 Å². The number of methoxy groups -OCH3 is 1. The number of nitrogens with zero attached hydrogens (tertiary/aromatic N) is 4. The first kappa shape index (κ1) is 17.1. The van der Waals surface area contributed by atoms with E-state index in [1.54, 1.807) is 30.1 Å². The predicted molar refractivity (Wildman–Crippen MR) is 107 cm³/mol. The van der Waals surface area contributed by atoms with Gasteiger partial charge in [-0.15, -0.1) is 0 Å². The van der Waals surface area contributed by atoms with Gasteiger partial charge in [-0.3, -0.25) is 4.68 Å². The van der Waals surface area contributed by atoms with E-state index in [2.05, 4.69) is 25.7 Å². The molecule has 8 heteroatoms. The lowest BCUT2D eigenvalue weighted by molar-refractivity contribution is 0.415. The summed E-state index contributed by atoms with van der Waals surface area (Å²) in [6.45, 7) is 0. The first-order chi connectivity index (χ1) is 13.1. The molecule has 0 saturated heterocycles. The summed E-state index contributed by atoms with van der Waals surface area (Å²) in [6, 6.07) is 15.2. The normalized spacial score (nSPS) is 10.8. The molecule has 0 aliphatic rings. The fraction of sp³-hybridized carbons (Fsp3) is 0.105. The average molecular weight is 381 g/mol. The van der Waals surface area contributed by atoms with E-state index in [-0.39, 0.29) is 0 Å². The molecule has 27 heavy (non-hydrogen) atoms. The molecule has 4 rings (SSSR count). The molecular weight excluding hydrogens is 364 g/mol. The standard InChI is InChI=1S/C19H17ClN6O/c1-26-18-14(11-21-26)17(22-13-8-9-16(27-2)15(20)10-13)24-19(25-18)23-12-6-4-3-5-7-12/h3-11H,1-2H3,(H2,22,23,24,25).